The highest BCUT2D eigenvalue weighted by Crippen LogP contribution is 2.32. The Bertz CT molecular complexity index is 1280. The number of carbonyl (C=O) groups excluding carboxylic acids is 1. The maximum atomic E-state index is 13.6. The smallest absolute Gasteiger partial charge is 0.264 e. The average molecular weight is 517 g/mol. The van der Waals surface area contributed by atoms with Crippen LogP contribution < -0.4 is 23.8 Å². The molecule has 3 rings (SSSR count). The summed E-state index contributed by atoms with van der Waals surface area (Å²) in [5.74, 6) is 0.210. The molecule has 0 aliphatic carbocycles. The Morgan fingerprint density at radius 1 is 0.972 bits per heavy atom. The summed E-state index contributed by atoms with van der Waals surface area (Å²) in [6, 6.07) is 15.9. The number of sulfonamides is 1. The van der Waals surface area contributed by atoms with Gasteiger partial charge in [0.15, 0.2) is 11.5 Å². The molecule has 0 saturated carbocycles. The van der Waals surface area contributed by atoms with Crippen LogP contribution >= 0.6 is 0 Å². The van der Waals surface area contributed by atoms with Gasteiger partial charge in [0.05, 0.1) is 37.5 Å². The van der Waals surface area contributed by atoms with Gasteiger partial charge in [-0.1, -0.05) is 12.1 Å². The van der Waals surface area contributed by atoms with E-state index in [1.165, 1.54) is 44.6 Å². The minimum absolute atomic E-state index is 0.114. The molecule has 10 heteroatoms. The highest BCUT2D eigenvalue weighted by atomic mass is 32.2. The van der Waals surface area contributed by atoms with Crippen molar-refractivity contribution in [2.45, 2.75) is 24.8 Å². The van der Waals surface area contributed by atoms with Gasteiger partial charge in [-0.25, -0.2) is 12.8 Å². The Labute approximate surface area is 210 Å². The Kier molecular flexibility index (Phi) is 8.76. The van der Waals surface area contributed by atoms with Gasteiger partial charge < -0.3 is 19.5 Å². The van der Waals surface area contributed by atoms with E-state index in [1.54, 1.807) is 19.1 Å². The number of hydrogen-bond donors (Lipinski definition) is 1. The largest absolute Gasteiger partial charge is 0.494 e. The molecule has 36 heavy (non-hydrogen) atoms. The molecular formula is C26H29FN2O6S. The second-order valence-corrected chi connectivity index (χ2v) is 9.66. The second-order valence-electron chi connectivity index (χ2n) is 7.80. The maximum Gasteiger partial charge on any atom is 0.264 e. The Morgan fingerprint density at radius 3 is 2.19 bits per heavy atom. The highest BCUT2D eigenvalue weighted by Gasteiger charge is 2.29. The molecule has 0 fully saturated rings. The first-order chi connectivity index (χ1) is 17.2. The molecule has 192 valence electrons. The lowest BCUT2D eigenvalue weighted by Crippen LogP contribution is -2.41. The monoisotopic (exact) mass is 516 g/mol. The van der Waals surface area contributed by atoms with Crippen LogP contribution in [0.2, 0.25) is 0 Å². The lowest BCUT2D eigenvalue weighted by Gasteiger charge is -2.25. The normalized spacial score (nSPS) is 11.9. The highest BCUT2D eigenvalue weighted by molar-refractivity contribution is 7.92. The van der Waals surface area contributed by atoms with Crippen LogP contribution in [0.3, 0.4) is 0 Å². The van der Waals surface area contributed by atoms with Crippen LogP contribution in [0.1, 0.15) is 25.5 Å². The number of amides is 1. The van der Waals surface area contributed by atoms with Crippen LogP contribution in [-0.4, -0.2) is 41.7 Å². The van der Waals surface area contributed by atoms with Gasteiger partial charge in [-0.3, -0.25) is 9.10 Å². The summed E-state index contributed by atoms with van der Waals surface area (Å²) in [6.07, 6.45) is 0. The summed E-state index contributed by atoms with van der Waals surface area (Å²) in [6.45, 7) is 3.70. The number of ether oxygens (including phenoxy) is 3. The van der Waals surface area contributed by atoms with Crippen LogP contribution in [0.5, 0.6) is 17.2 Å². The number of methoxy groups -OCH3 is 2. The zero-order valence-electron chi connectivity index (χ0n) is 20.5. The predicted molar refractivity (Wildman–Crippen MR) is 135 cm³/mol. The van der Waals surface area contributed by atoms with Crippen molar-refractivity contribution < 1.29 is 31.8 Å². The zero-order chi connectivity index (χ0) is 26.3. The number of carbonyl (C=O) groups is 1. The van der Waals surface area contributed by atoms with Crippen LogP contribution in [0.4, 0.5) is 10.1 Å². The third kappa shape index (κ3) is 6.25. The summed E-state index contributed by atoms with van der Waals surface area (Å²) in [7, 11) is -1.41. The predicted octanol–water partition coefficient (Wildman–Crippen LogP) is 4.31. The van der Waals surface area contributed by atoms with E-state index in [-0.39, 0.29) is 16.3 Å². The van der Waals surface area contributed by atoms with Crippen molar-refractivity contribution in [1.29, 1.82) is 0 Å². The Hall–Kier alpha value is -3.79. The van der Waals surface area contributed by atoms with Crippen LogP contribution in [-0.2, 0) is 14.8 Å². The first-order valence-corrected chi connectivity index (χ1v) is 12.7. The molecule has 0 bridgehead atoms. The number of nitrogens with one attached hydrogen (secondary N) is 1. The Morgan fingerprint density at radius 2 is 1.61 bits per heavy atom. The van der Waals surface area contributed by atoms with Crippen molar-refractivity contribution in [3.05, 3.63) is 78.1 Å². The number of rotatable bonds is 11. The summed E-state index contributed by atoms with van der Waals surface area (Å²) >= 11 is 0. The SMILES string of the molecule is CCOc1ccc([C@@H](C)NC(=O)CN(c2ccc(F)cc2)S(=O)(=O)c2ccc(OC)c(OC)c2)cc1. The van der Waals surface area contributed by atoms with Gasteiger partial charge in [0.1, 0.15) is 18.1 Å². The molecule has 0 aliphatic rings. The first kappa shape index (κ1) is 26.8. The van der Waals surface area contributed by atoms with E-state index in [9.17, 15) is 17.6 Å². The number of hydrogen-bond acceptors (Lipinski definition) is 6. The van der Waals surface area contributed by atoms with E-state index in [2.05, 4.69) is 5.32 Å². The van der Waals surface area contributed by atoms with E-state index in [0.29, 0.717) is 18.1 Å². The summed E-state index contributed by atoms with van der Waals surface area (Å²) in [5.41, 5.74) is 0.956. The number of nitrogens with zero attached hydrogens (tertiary/aromatic N) is 1. The van der Waals surface area contributed by atoms with Gasteiger partial charge >= 0.3 is 0 Å². The molecular weight excluding hydrogens is 487 g/mol. The number of halogens is 1. The minimum atomic E-state index is -4.23. The summed E-state index contributed by atoms with van der Waals surface area (Å²) in [4.78, 5) is 12.9. The molecule has 3 aromatic rings. The van der Waals surface area contributed by atoms with E-state index >= 15 is 0 Å². The third-order valence-corrected chi connectivity index (χ3v) is 7.18. The molecule has 8 nitrogen and oxygen atoms in total. The fraction of sp³-hybridized carbons (Fsp3) is 0.269. The van der Waals surface area contributed by atoms with Crippen molar-refractivity contribution in [2.24, 2.45) is 0 Å². The zero-order valence-corrected chi connectivity index (χ0v) is 21.3. The summed E-state index contributed by atoms with van der Waals surface area (Å²) < 4.78 is 57.6. The van der Waals surface area contributed by atoms with Gasteiger partial charge in [0.25, 0.3) is 10.0 Å². The molecule has 0 aromatic heterocycles. The molecule has 0 unspecified atom stereocenters. The second kappa shape index (κ2) is 11.8. The van der Waals surface area contributed by atoms with Gasteiger partial charge in [-0.05, 0) is 67.9 Å². The van der Waals surface area contributed by atoms with E-state index < -0.39 is 34.3 Å². The van der Waals surface area contributed by atoms with Gasteiger partial charge in [-0.15, -0.1) is 0 Å². The molecule has 1 amide bonds. The fourth-order valence-electron chi connectivity index (χ4n) is 3.55. The van der Waals surface area contributed by atoms with E-state index in [0.717, 1.165) is 22.0 Å². The van der Waals surface area contributed by atoms with Crippen LogP contribution in [0.25, 0.3) is 0 Å². The van der Waals surface area contributed by atoms with Crippen molar-refractivity contribution in [3.8, 4) is 17.2 Å². The first-order valence-electron chi connectivity index (χ1n) is 11.2. The van der Waals surface area contributed by atoms with Crippen LogP contribution in [0, 0.1) is 5.82 Å². The van der Waals surface area contributed by atoms with Crippen molar-refractivity contribution >= 4 is 21.6 Å². The topological polar surface area (TPSA) is 94.2 Å². The lowest BCUT2D eigenvalue weighted by molar-refractivity contribution is -0.120. The molecule has 3 aromatic carbocycles. The Balaban J connectivity index is 1.88. The molecule has 0 radical (unpaired) electrons. The van der Waals surface area contributed by atoms with Gasteiger partial charge in [0, 0.05) is 6.07 Å². The van der Waals surface area contributed by atoms with E-state index in [1.807, 2.05) is 19.1 Å². The molecule has 0 heterocycles. The number of benzene rings is 3. The number of anilines is 1. The van der Waals surface area contributed by atoms with Crippen molar-refractivity contribution in [2.75, 3.05) is 31.7 Å². The minimum Gasteiger partial charge on any atom is -0.494 e. The van der Waals surface area contributed by atoms with Gasteiger partial charge in [-0.2, -0.15) is 0 Å². The average Bonchev–Trinajstić information content (AvgIpc) is 2.88. The maximum absolute atomic E-state index is 13.6. The summed E-state index contributed by atoms with van der Waals surface area (Å²) in [5, 5.41) is 2.82. The third-order valence-electron chi connectivity index (χ3n) is 5.41. The van der Waals surface area contributed by atoms with Gasteiger partial charge in [0.2, 0.25) is 5.91 Å². The molecule has 1 N–H and O–H groups in total. The lowest BCUT2D eigenvalue weighted by atomic mass is 10.1. The quantitative estimate of drug-likeness (QED) is 0.408. The van der Waals surface area contributed by atoms with E-state index in [4.69, 9.17) is 14.2 Å². The molecule has 0 saturated heterocycles. The standard InChI is InChI=1S/C26H29FN2O6S/c1-5-35-22-12-6-19(7-13-22)18(2)28-26(30)17-29(21-10-8-20(27)9-11-21)36(31,32)23-14-15-24(33-3)25(16-23)34-4/h6-16,18H,5,17H2,1-4H3,(H,28,30)/t18-/m1/s1. The van der Waals surface area contributed by atoms with Crippen molar-refractivity contribution in [1.82, 2.24) is 5.32 Å². The fourth-order valence-corrected chi connectivity index (χ4v) is 4.98. The molecule has 0 aliphatic heterocycles. The van der Waals surface area contributed by atoms with Crippen LogP contribution in [0.15, 0.2) is 71.6 Å². The molecule has 1 atom stereocenters. The molecule has 0 spiro atoms. The van der Waals surface area contributed by atoms with Crippen molar-refractivity contribution in [3.63, 3.8) is 0 Å².